The fourth-order valence-corrected chi connectivity index (χ4v) is 9.09. The van der Waals surface area contributed by atoms with Gasteiger partial charge in [-0.25, -0.2) is 4.79 Å². The van der Waals surface area contributed by atoms with Crippen LogP contribution in [0, 0.1) is 0 Å². The first-order chi connectivity index (χ1) is 40.8. The summed E-state index contributed by atoms with van der Waals surface area (Å²) in [6.07, 6.45) is 0. The van der Waals surface area contributed by atoms with Gasteiger partial charge in [0.25, 0.3) is 0 Å². The van der Waals surface area contributed by atoms with Gasteiger partial charge in [0, 0.05) is 23.3 Å². The predicted molar refractivity (Wildman–Crippen MR) is 316 cm³/mol. The lowest BCUT2D eigenvalue weighted by Crippen LogP contribution is -2.18. The van der Waals surface area contributed by atoms with Crippen molar-refractivity contribution in [1.29, 1.82) is 0 Å². The van der Waals surface area contributed by atoms with Crippen LogP contribution in [-0.4, -0.2) is 16.9 Å². The molecule has 11 aromatic rings. The van der Waals surface area contributed by atoms with Crippen LogP contribution < -0.4 is 38.6 Å². The number of benzene rings is 10. The second kappa shape index (κ2) is 26.0. The topological polar surface area (TPSA) is 149 Å². The minimum atomic E-state index is -0.861. The fraction of sp³-hybridized carbons (Fsp3) is 0.0845. The van der Waals surface area contributed by atoms with E-state index in [0.717, 1.165) is 39.4 Å². The molecule has 0 saturated carbocycles. The van der Waals surface area contributed by atoms with Gasteiger partial charge in [-0.05, 0) is 88.0 Å². The van der Waals surface area contributed by atoms with Crippen molar-refractivity contribution < 1.29 is 52.3 Å². The first-order valence-electron chi connectivity index (χ1n) is 26.8. The van der Waals surface area contributed by atoms with Gasteiger partial charge in [-0.2, -0.15) is 0 Å². The van der Waals surface area contributed by atoms with Crippen LogP contribution in [-0.2, 0) is 39.6 Å². The monoisotopic (exact) mass is 1100 g/mol. The Morgan fingerprint density at radius 1 is 0.373 bits per heavy atom. The highest BCUT2D eigenvalue weighted by molar-refractivity contribution is 6.14. The maximum absolute atomic E-state index is 15.3. The van der Waals surface area contributed by atoms with Gasteiger partial charge in [-0.3, -0.25) is 9.59 Å². The van der Waals surface area contributed by atoms with E-state index < -0.39 is 28.5 Å². The molecule has 0 bridgehead atoms. The second-order valence-corrected chi connectivity index (χ2v) is 19.3. The van der Waals surface area contributed by atoms with E-state index in [-0.39, 0.29) is 90.3 Å². The van der Waals surface area contributed by atoms with Crippen molar-refractivity contribution in [2.75, 3.05) is 0 Å². The van der Waals surface area contributed by atoms with Gasteiger partial charge in [0.05, 0.1) is 5.56 Å². The molecule has 0 amide bonds. The minimum absolute atomic E-state index is 0.0602. The molecule has 12 heteroatoms. The molecule has 0 unspecified atom stereocenters. The number of carbonyl (C=O) groups is 2. The quantitative estimate of drug-likeness (QED) is 0.0369. The smallest absolute Gasteiger partial charge is 0.343 e. The molecule has 11 rings (SSSR count). The second-order valence-electron chi connectivity index (χ2n) is 19.3. The minimum Gasteiger partial charge on any atom is -0.507 e. The number of ether oxygens (including phenoxy) is 7. The van der Waals surface area contributed by atoms with Crippen molar-refractivity contribution in [2.45, 2.75) is 39.6 Å². The van der Waals surface area contributed by atoms with E-state index in [1.807, 2.05) is 182 Å². The summed E-state index contributed by atoms with van der Waals surface area (Å²) in [5.74, 6) is -0.529. The van der Waals surface area contributed by atoms with E-state index in [1.165, 1.54) is 18.2 Å². The Kier molecular flexibility index (Phi) is 16.9. The van der Waals surface area contributed by atoms with Gasteiger partial charge in [0.1, 0.15) is 73.4 Å². The summed E-state index contributed by atoms with van der Waals surface area (Å²) in [4.78, 5) is 44.7. The van der Waals surface area contributed by atoms with Crippen LogP contribution >= 0.6 is 0 Å². The SMILES string of the molecule is O=C(Oc1cc(O)c2c(=O)c(C(=O)c3ccc(OCc4ccccc4)c(OCc4ccccc4)c3)c(-c3ccc(OCc4ccccc4)c(OCc4ccccc4)c3)oc2c1)c1ccc(OCc2ccccc2)c(OCc2ccccc2)c1. The van der Waals surface area contributed by atoms with Crippen LogP contribution in [0.15, 0.2) is 258 Å². The predicted octanol–water partition coefficient (Wildman–Crippen LogP) is 15.1. The number of rotatable bonds is 23. The summed E-state index contributed by atoms with van der Waals surface area (Å²) in [5.41, 5.74) is 4.38. The zero-order valence-electron chi connectivity index (χ0n) is 44.9. The zero-order chi connectivity index (χ0) is 56.7. The van der Waals surface area contributed by atoms with E-state index in [0.29, 0.717) is 23.0 Å². The molecule has 0 atom stereocenters. The molecular weight excluding hydrogens is 1040 g/mol. The van der Waals surface area contributed by atoms with Crippen molar-refractivity contribution in [1.82, 2.24) is 0 Å². The highest BCUT2D eigenvalue weighted by atomic mass is 16.5. The lowest BCUT2D eigenvalue weighted by Gasteiger charge is -2.17. The van der Waals surface area contributed by atoms with Crippen LogP contribution in [0.5, 0.6) is 46.0 Å². The standard InChI is InChI=1S/C71H54O12/c72-58-40-57(82-71(75)56-33-36-61(78-44-50-23-11-3-12-24-50)64(39-56)81-47-53-29-17-6-18-30-53)41-65-66(58)69(74)67(68(73)54-31-34-59(76-42-48-19-7-1-8-20-48)62(37-54)79-45-51-25-13-4-14-26-51)70(83-65)55-32-35-60(77-43-49-21-9-2-10-22-49)63(38-55)80-46-52-27-15-5-16-28-52/h1-41,72H,42-47H2. The molecule has 0 spiro atoms. The van der Waals surface area contributed by atoms with Crippen molar-refractivity contribution in [3.05, 3.63) is 309 Å². The highest BCUT2D eigenvalue weighted by Gasteiger charge is 2.28. The maximum atomic E-state index is 15.3. The van der Waals surface area contributed by atoms with Crippen LogP contribution in [0.2, 0.25) is 0 Å². The molecule has 1 N–H and O–H groups in total. The highest BCUT2D eigenvalue weighted by Crippen LogP contribution is 2.40. The van der Waals surface area contributed by atoms with Crippen LogP contribution in [0.4, 0.5) is 0 Å². The van der Waals surface area contributed by atoms with E-state index in [4.69, 9.17) is 37.6 Å². The Morgan fingerprint density at radius 2 is 0.723 bits per heavy atom. The van der Waals surface area contributed by atoms with E-state index >= 15 is 9.59 Å². The average molecular weight is 1100 g/mol. The third kappa shape index (κ3) is 13.6. The fourth-order valence-electron chi connectivity index (χ4n) is 9.09. The first kappa shape index (κ1) is 54.1. The number of esters is 1. The molecular formula is C71H54O12. The summed E-state index contributed by atoms with van der Waals surface area (Å²) in [7, 11) is 0. The van der Waals surface area contributed by atoms with Crippen molar-refractivity contribution in [2.24, 2.45) is 0 Å². The molecule has 0 radical (unpaired) electrons. The lowest BCUT2D eigenvalue weighted by atomic mass is 9.96. The van der Waals surface area contributed by atoms with E-state index in [9.17, 15) is 9.90 Å². The molecule has 0 saturated heterocycles. The summed E-state index contributed by atoms with van der Waals surface area (Å²) in [6.45, 7) is 1.16. The summed E-state index contributed by atoms with van der Waals surface area (Å²) in [6, 6.07) is 74.4. The van der Waals surface area contributed by atoms with Crippen molar-refractivity contribution in [3.8, 4) is 57.3 Å². The van der Waals surface area contributed by atoms with Crippen LogP contribution in [0.3, 0.4) is 0 Å². The van der Waals surface area contributed by atoms with Gasteiger partial charge in [0.15, 0.2) is 34.5 Å². The maximum Gasteiger partial charge on any atom is 0.343 e. The molecule has 410 valence electrons. The van der Waals surface area contributed by atoms with Crippen LogP contribution in [0.1, 0.15) is 59.7 Å². The van der Waals surface area contributed by atoms with E-state index in [1.54, 1.807) is 42.5 Å². The number of fused-ring (bicyclic) bond motifs is 1. The summed E-state index contributed by atoms with van der Waals surface area (Å²) >= 11 is 0. The molecule has 83 heavy (non-hydrogen) atoms. The molecule has 0 aliphatic heterocycles. The molecule has 1 aromatic heterocycles. The van der Waals surface area contributed by atoms with Crippen LogP contribution in [0.25, 0.3) is 22.3 Å². The molecule has 0 aliphatic rings. The molecule has 10 aromatic carbocycles. The van der Waals surface area contributed by atoms with Gasteiger partial charge in [-0.1, -0.05) is 182 Å². The number of hydrogen-bond acceptors (Lipinski definition) is 12. The number of hydrogen-bond donors (Lipinski definition) is 1. The molecule has 12 nitrogen and oxygen atoms in total. The van der Waals surface area contributed by atoms with Gasteiger partial charge >= 0.3 is 5.97 Å². The van der Waals surface area contributed by atoms with Crippen molar-refractivity contribution in [3.63, 3.8) is 0 Å². The largest absolute Gasteiger partial charge is 0.507 e. The number of phenolic OH excluding ortho intramolecular Hbond substituents is 1. The third-order valence-electron chi connectivity index (χ3n) is 13.4. The number of ketones is 1. The van der Waals surface area contributed by atoms with Gasteiger partial charge < -0.3 is 42.7 Å². The molecule has 1 heterocycles. The number of aromatic hydroxyl groups is 1. The third-order valence-corrected chi connectivity index (χ3v) is 13.4. The van der Waals surface area contributed by atoms with Crippen molar-refractivity contribution >= 4 is 22.7 Å². The first-order valence-corrected chi connectivity index (χ1v) is 26.8. The molecule has 0 aliphatic carbocycles. The Morgan fingerprint density at radius 3 is 1.13 bits per heavy atom. The summed E-state index contributed by atoms with van der Waals surface area (Å²) < 4.78 is 50.4. The van der Waals surface area contributed by atoms with E-state index in [2.05, 4.69) is 0 Å². The summed E-state index contributed by atoms with van der Waals surface area (Å²) in [5, 5.41) is 11.5. The Labute approximate surface area is 478 Å². The number of phenols is 1. The lowest BCUT2D eigenvalue weighted by molar-refractivity contribution is 0.0733. The normalized spacial score (nSPS) is 10.9. The Balaban J connectivity index is 0.979. The average Bonchev–Trinajstić information content (AvgIpc) is 3.56. The Bertz CT molecular complexity index is 4060. The number of carbonyl (C=O) groups excluding carboxylic acids is 2. The zero-order valence-corrected chi connectivity index (χ0v) is 44.9. The molecule has 0 fully saturated rings. The van der Waals surface area contributed by atoms with Gasteiger partial charge in [-0.15, -0.1) is 0 Å². The Hall–Kier alpha value is -10.9. The van der Waals surface area contributed by atoms with Gasteiger partial charge in [0.2, 0.25) is 11.2 Å².